The topological polar surface area (TPSA) is 59.7 Å². The number of nitrogens with zero attached hydrogens (tertiary/aromatic N) is 3. The van der Waals surface area contributed by atoms with E-state index in [1.54, 1.807) is 15.9 Å². The minimum absolute atomic E-state index is 0.0122. The van der Waals surface area contributed by atoms with Crippen LogP contribution in [0.1, 0.15) is 25.1 Å². The van der Waals surface area contributed by atoms with Crippen molar-refractivity contribution in [3.63, 3.8) is 0 Å². The van der Waals surface area contributed by atoms with Gasteiger partial charge in [0.05, 0.1) is 6.42 Å². The van der Waals surface area contributed by atoms with Crippen LogP contribution in [0.25, 0.3) is 10.9 Å². The number of aryl methyl sites for hydroxylation is 1. The maximum absolute atomic E-state index is 13.6. The molecule has 2 aromatic rings. The van der Waals surface area contributed by atoms with Crippen molar-refractivity contribution in [1.29, 1.82) is 0 Å². The minimum Gasteiger partial charge on any atom is -0.358 e. The van der Waals surface area contributed by atoms with Crippen LogP contribution in [0.3, 0.4) is 0 Å². The number of urea groups is 1. The Balaban J connectivity index is 1.65. The Morgan fingerprint density at radius 2 is 1.74 bits per heavy atom. The number of benzene rings is 1. The van der Waals surface area contributed by atoms with Crippen LogP contribution < -0.4 is 0 Å². The molecular formula is C20H27FN4O2. The summed E-state index contributed by atoms with van der Waals surface area (Å²) >= 11 is 0. The third-order valence-corrected chi connectivity index (χ3v) is 5.35. The number of carbonyl (C=O) groups is 2. The van der Waals surface area contributed by atoms with Crippen LogP contribution in [-0.4, -0.2) is 70.9 Å². The minimum atomic E-state index is -0.307. The van der Waals surface area contributed by atoms with Gasteiger partial charge in [-0.25, -0.2) is 9.18 Å². The van der Waals surface area contributed by atoms with E-state index in [0.717, 1.165) is 22.2 Å². The Kier molecular flexibility index (Phi) is 5.68. The number of rotatable bonds is 4. The highest BCUT2D eigenvalue weighted by Gasteiger charge is 2.27. The lowest BCUT2D eigenvalue weighted by Gasteiger charge is -2.37. The second kappa shape index (κ2) is 7.98. The first-order chi connectivity index (χ1) is 12.9. The Morgan fingerprint density at radius 3 is 2.37 bits per heavy atom. The lowest BCUT2D eigenvalue weighted by molar-refractivity contribution is -0.131. The van der Waals surface area contributed by atoms with Crippen LogP contribution in [0.2, 0.25) is 0 Å². The van der Waals surface area contributed by atoms with Crippen molar-refractivity contribution in [2.75, 3.05) is 39.3 Å². The van der Waals surface area contributed by atoms with Gasteiger partial charge in [-0.3, -0.25) is 4.79 Å². The summed E-state index contributed by atoms with van der Waals surface area (Å²) in [5, 5.41) is 0.760. The van der Waals surface area contributed by atoms with E-state index in [0.29, 0.717) is 39.3 Å². The summed E-state index contributed by atoms with van der Waals surface area (Å²) in [6, 6.07) is 4.62. The normalized spacial score (nSPS) is 14.7. The number of amides is 3. The van der Waals surface area contributed by atoms with Gasteiger partial charge in [0.2, 0.25) is 5.91 Å². The highest BCUT2D eigenvalue weighted by Crippen LogP contribution is 2.24. The van der Waals surface area contributed by atoms with E-state index in [1.165, 1.54) is 12.1 Å². The van der Waals surface area contributed by atoms with Gasteiger partial charge in [0.25, 0.3) is 0 Å². The summed E-state index contributed by atoms with van der Waals surface area (Å²) in [5.41, 5.74) is 2.57. The standard InChI is InChI=1S/C20H27FN4O2/c1-4-23(5-2)20(27)25-10-8-24(9-11-25)19(26)13-16-14(3)22-18-7-6-15(21)12-17(16)18/h6-7,12,22H,4-5,8-11,13H2,1-3H3. The molecule has 0 bridgehead atoms. The molecule has 6 nitrogen and oxygen atoms in total. The summed E-state index contributed by atoms with van der Waals surface area (Å²) in [7, 11) is 0. The van der Waals surface area contributed by atoms with Crippen molar-refractivity contribution in [2.24, 2.45) is 0 Å². The molecule has 0 atom stereocenters. The molecule has 0 unspecified atom stereocenters. The van der Waals surface area contributed by atoms with Crippen molar-refractivity contribution < 1.29 is 14.0 Å². The summed E-state index contributed by atoms with van der Waals surface area (Å²) in [6.07, 6.45) is 0.235. The van der Waals surface area contributed by atoms with Gasteiger partial charge in [-0.05, 0) is 44.5 Å². The summed E-state index contributed by atoms with van der Waals surface area (Å²) < 4.78 is 13.6. The van der Waals surface area contributed by atoms with Crippen molar-refractivity contribution >= 4 is 22.8 Å². The molecule has 1 aromatic heterocycles. The van der Waals surface area contributed by atoms with Gasteiger partial charge in [-0.2, -0.15) is 0 Å². The molecule has 1 aliphatic heterocycles. The van der Waals surface area contributed by atoms with E-state index >= 15 is 0 Å². The average molecular weight is 374 g/mol. The number of aromatic amines is 1. The van der Waals surface area contributed by atoms with Crippen LogP contribution >= 0.6 is 0 Å². The smallest absolute Gasteiger partial charge is 0.320 e. The number of H-pyrrole nitrogens is 1. The number of fused-ring (bicyclic) bond motifs is 1. The largest absolute Gasteiger partial charge is 0.358 e. The highest BCUT2D eigenvalue weighted by atomic mass is 19.1. The van der Waals surface area contributed by atoms with Crippen molar-refractivity contribution in [3.05, 3.63) is 35.3 Å². The zero-order chi connectivity index (χ0) is 19.6. The van der Waals surface area contributed by atoms with Gasteiger partial charge in [0.15, 0.2) is 0 Å². The maximum atomic E-state index is 13.6. The molecule has 0 radical (unpaired) electrons. The van der Waals surface area contributed by atoms with Crippen LogP contribution in [0.15, 0.2) is 18.2 Å². The second-order valence-electron chi connectivity index (χ2n) is 6.92. The predicted molar refractivity (Wildman–Crippen MR) is 103 cm³/mol. The van der Waals surface area contributed by atoms with Gasteiger partial charge in [0, 0.05) is 55.9 Å². The third kappa shape index (κ3) is 3.91. The van der Waals surface area contributed by atoms with Gasteiger partial charge in [-0.1, -0.05) is 0 Å². The van der Waals surface area contributed by atoms with E-state index in [1.807, 2.05) is 25.7 Å². The first-order valence-corrected chi connectivity index (χ1v) is 9.52. The van der Waals surface area contributed by atoms with Gasteiger partial charge >= 0.3 is 6.03 Å². The number of halogens is 1. The Hall–Kier alpha value is -2.57. The Morgan fingerprint density at radius 1 is 1.11 bits per heavy atom. The number of aromatic nitrogens is 1. The zero-order valence-electron chi connectivity index (χ0n) is 16.2. The van der Waals surface area contributed by atoms with Crippen LogP contribution in [0, 0.1) is 12.7 Å². The fourth-order valence-electron chi connectivity index (χ4n) is 3.69. The fourth-order valence-corrected chi connectivity index (χ4v) is 3.69. The molecule has 1 fully saturated rings. The molecule has 27 heavy (non-hydrogen) atoms. The molecule has 1 aromatic carbocycles. The van der Waals surface area contributed by atoms with Crippen LogP contribution in [0.4, 0.5) is 9.18 Å². The molecule has 0 saturated carbocycles. The summed E-state index contributed by atoms with van der Waals surface area (Å²) in [6.45, 7) is 9.35. The van der Waals surface area contributed by atoms with Gasteiger partial charge in [-0.15, -0.1) is 0 Å². The zero-order valence-corrected chi connectivity index (χ0v) is 16.2. The van der Waals surface area contributed by atoms with Gasteiger partial charge in [0.1, 0.15) is 5.82 Å². The monoisotopic (exact) mass is 374 g/mol. The average Bonchev–Trinajstić information content (AvgIpc) is 2.97. The molecule has 7 heteroatoms. The Bertz CT molecular complexity index is 836. The van der Waals surface area contributed by atoms with Crippen molar-refractivity contribution in [2.45, 2.75) is 27.2 Å². The van der Waals surface area contributed by atoms with E-state index in [2.05, 4.69) is 4.98 Å². The highest BCUT2D eigenvalue weighted by molar-refractivity contribution is 5.90. The number of hydrogen-bond acceptors (Lipinski definition) is 2. The van der Waals surface area contributed by atoms with Gasteiger partial charge < -0.3 is 19.7 Å². The molecule has 2 heterocycles. The lowest BCUT2D eigenvalue weighted by atomic mass is 10.1. The lowest BCUT2D eigenvalue weighted by Crippen LogP contribution is -2.54. The molecule has 0 spiro atoms. The number of hydrogen-bond donors (Lipinski definition) is 1. The van der Waals surface area contributed by atoms with E-state index in [9.17, 15) is 14.0 Å². The van der Waals surface area contributed by atoms with Crippen LogP contribution in [0.5, 0.6) is 0 Å². The molecule has 3 amide bonds. The number of piperazine rings is 1. The van der Waals surface area contributed by atoms with E-state index < -0.39 is 0 Å². The molecular weight excluding hydrogens is 347 g/mol. The first kappa shape index (κ1) is 19.2. The first-order valence-electron chi connectivity index (χ1n) is 9.52. The molecule has 0 aliphatic carbocycles. The molecule has 1 aliphatic rings. The van der Waals surface area contributed by atoms with Crippen molar-refractivity contribution in [3.8, 4) is 0 Å². The summed E-state index contributed by atoms with van der Waals surface area (Å²) in [4.78, 5) is 33.8. The quantitative estimate of drug-likeness (QED) is 0.895. The molecule has 1 N–H and O–H groups in total. The number of carbonyl (C=O) groups excluding carboxylic acids is 2. The molecule has 3 rings (SSSR count). The third-order valence-electron chi connectivity index (χ3n) is 5.35. The second-order valence-corrected chi connectivity index (χ2v) is 6.92. The Labute approximate surface area is 158 Å². The maximum Gasteiger partial charge on any atom is 0.320 e. The van der Waals surface area contributed by atoms with E-state index in [-0.39, 0.29) is 24.2 Å². The van der Waals surface area contributed by atoms with E-state index in [4.69, 9.17) is 0 Å². The number of nitrogens with one attached hydrogen (secondary N) is 1. The van der Waals surface area contributed by atoms with Crippen molar-refractivity contribution in [1.82, 2.24) is 19.7 Å². The summed E-state index contributed by atoms with van der Waals surface area (Å²) in [5.74, 6) is -0.295. The van der Waals surface area contributed by atoms with Crippen LogP contribution in [-0.2, 0) is 11.2 Å². The molecule has 146 valence electrons. The predicted octanol–water partition coefficient (Wildman–Crippen LogP) is 2.76. The SMILES string of the molecule is CCN(CC)C(=O)N1CCN(C(=O)Cc2c(C)[nH]c3ccc(F)cc23)CC1. The molecule has 1 saturated heterocycles. The fraction of sp³-hybridized carbons (Fsp3) is 0.500.